The molecule has 3 aliphatic carbocycles. The number of hydrogen-bond acceptors (Lipinski definition) is 3. The number of carbonyl (C=O) groups is 2. The Balaban J connectivity index is 2.20. The molecule has 124 valence electrons. The van der Waals surface area contributed by atoms with Gasteiger partial charge in [0.1, 0.15) is 12.1 Å². The van der Waals surface area contributed by atoms with Gasteiger partial charge in [-0.25, -0.2) is 0 Å². The van der Waals surface area contributed by atoms with Gasteiger partial charge in [-0.1, -0.05) is 31.6 Å². The number of hydrogen-bond donors (Lipinski definition) is 1. The van der Waals surface area contributed by atoms with Crippen LogP contribution in [0.4, 0.5) is 0 Å². The van der Waals surface area contributed by atoms with Crippen LogP contribution >= 0.6 is 0 Å². The second-order valence-corrected chi connectivity index (χ2v) is 7.92. The maximum atomic E-state index is 12.9. The number of rotatable bonds is 3. The molecule has 3 rings (SSSR count). The molecule has 23 heavy (non-hydrogen) atoms. The molecule has 1 saturated carbocycles. The lowest BCUT2D eigenvalue weighted by Gasteiger charge is -2.45. The van der Waals surface area contributed by atoms with Crippen LogP contribution in [0.1, 0.15) is 52.9 Å². The average Bonchev–Trinajstić information content (AvgIpc) is 2.83. The molecule has 3 heteroatoms. The topological polar surface area (TPSA) is 54.4 Å². The van der Waals surface area contributed by atoms with Crippen LogP contribution in [0.15, 0.2) is 34.4 Å². The Labute approximate surface area is 138 Å². The van der Waals surface area contributed by atoms with Crippen molar-refractivity contribution in [1.29, 1.82) is 0 Å². The van der Waals surface area contributed by atoms with Crippen molar-refractivity contribution in [3.05, 3.63) is 34.4 Å². The standard InChI is InChI=1S/C20H26O3/c1-13(11-21)15-6-7-19(2)8-9-20(3)16(18(15)19)5-4-14(12-22)10-17(20)23/h4-5,12-13,21H,6-11H2,1-3H3/t13?,19-,20-/m1/s1. The van der Waals surface area contributed by atoms with Crippen molar-refractivity contribution in [2.45, 2.75) is 52.9 Å². The molecular weight excluding hydrogens is 288 g/mol. The van der Waals surface area contributed by atoms with Crippen LogP contribution in [-0.2, 0) is 9.59 Å². The fourth-order valence-electron chi connectivity index (χ4n) is 4.60. The van der Waals surface area contributed by atoms with E-state index in [1.165, 1.54) is 11.1 Å². The third-order valence-electron chi connectivity index (χ3n) is 6.38. The number of ketones is 1. The zero-order valence-corrected chi connectivity index (χ0v) is 14.3. The number of aliphatic hydroxyl groups excluding tert-OH is 1. The summed E-state index contributed by atoms with van der Waals surface area (Å²) in [6, 6.07) is 0. The summed E-state index contributed by atoms with van der Waals surface area (Å²) in [5.41, 5.74) is 3.87. The number of Topliss-reactive ketones (excluding diaryl/α,β-unsaturated/α-hetero) is 1. The lowest BCUT2D eigenvalue weighted by molar-refractivity contribution is -0.126. The van der Waals surface area contributed by atoms with Crippen molar-refractivity contribution in [3.8, 4) is 0 Å². The van der Waals surface area contributed by atoms with Crippen LogP contribution in [0.5, 0.6) is 0 Å². The first-order valence-electron chi connectivity index (χ1n) is 8.60. The van der Waals surface area contributed by atoms with Crippen LogP contribution < -0.4 is 0 Å². The molecule has 3 nitrogen and oxygen atoms in total. The quantitative estimate of drug-likeness (QED) is 0.811. The van der Waals surface area contributed by atoms with E-state index in [2.05, 4.69) is 13.8 Å². The largest absolute Gasteiger partial charge is 0.396 e. The van der Waals surface area contributed by atoms with Crippen LogP contribution in [0.2, 0.25) is 0 Å². The highest BCUT2D eigenvalue weighted by Gasteiger charge is 2.51. The summed E-state index contributed by atoms with van der Waals surface area (Å²) >= 11 is 0. The van der Waals surface area contributed by atoms with Gasteiger partial charge in [0, 0.05) is 18.9 Å². The normalized spacial score (nSPS) is 35.0. The number of fused-ring (bicyclic) bond motifs is 3. The van der Waals surface area contributed by atoms with E-state index >= 15 is 0 Å². The molecule has 3 aliphatic rings. The Morgan fingerprint density at radius 2 is 2.00 bits per heavy atom. The third-order valence-corrected chi connectivity index (χ3v) is 6.38. The maximum absolute atomic E-state index is 12.9. The van der Waals surface area contributed by atoms with Gasteiger partial charge in [-0.3, -0.25) is 9.59 Å². The Morgan fingerprint density at radius 1 is 1.26 bits per heavy atom. The number of aldehydes is 1. The molecule has 0 aromatic rings. The van der Waals surface area contributed by atoms with E-state index in [9.17, 15) is 14.7 Å². The molecular formula is C20H26O3. The molecule has 0 radical (unpaired) electrons. The molecule has 3 atom stereocenters. The van der Waals surface area contributed by atoms with E-state index in [0.717, 1.165) is 37.5 Å². The molecule has 0 heterocycles. The van der Waals surface area contributed by atoms with Gasteiger partial charge in [0.25, 0.3) is 0 Å². The Hall–Kier alpha value is -1.48. The van der Waals surface area contributed by atoms with Crippen molar-refractivity contribution < 1.29 is 14.7 Å². The van der Waals surface area contributed by atoms with Gasteiger partial charge in [-0.15, -0.1) is 0 Å². The molecule has 0 spiro atoms. The number of aliphatic hydroxyl groups is 1. The van der Waals surface area contributed by atoms with Gasteiger partial charge in [0.05, 0.1) is 5.41 Å². The lowest BCUT2D eigenvalue weighted by Crippen LogP contribution is -2.39. The van der Waals surface area contributed by atoms with E-state index in [1.54, 1.807) is 0 Å². The highest BCUT2D eigenvalue weighted by atomic mass is 16.3. The molecule has 0 aromatic carbocycles. The van der Waals surface area contributed by atoms with Gasteiger partial charge in [-0.05, 0) is 54.7 Å². The second-order valence-electron chi connectivity index (χ2n) is 7.92. The third kappa shape index (κ3) is 2.37. The van der Waals surface area contributed by atoms with Crippen molar-refractivity contribution in [2.24, 2.45) is 16.7 Å². The smallest absolute Gasteiger partial charge is 0.147 e. The van der Waals surface area contributed by atoms with E-state index in [4.69, 9.17) is 0 Å². The molecule has 0 saturated heterocycles. The maximum Gasteiger partial charge on any atom is 0.147 e. The molecule has 0 amide bonds. The van der Waals surface area contributed by atoms with E-state index in [1.807, 2.05) is 19.1 Å². The van der Waals surface area contributed by atoms with E-state index < -0.39 is 5.41 Å². The molecule has 1 unspecified atom stereocenters. The summed E-state index contributed by atoms with van der Waals surface area (Å²) in [5, 5.41) is 9.64. The monoisotopic (exact) mass is 314 g/mol. The highest BCUT2D eigenvalue weighted by Crippen LogP contribution is 2.60. The second kappa shape index (κ2) is 5.55. The Morgan fingerprint density at radius 3 is 2.65 bits per heavy atom. The minimum Gasteiger partial charge on any atom is -0.396 e. The van der Waals surface area contributed by atoms with Crippen molar-refractivity contribution in [3.63, 3.8) is 0 Å². The first-order valence-corrected chi connectivity index (χ1v) is 8.60. The van der Waals surface area contributed by atoms with E-state index in [0.29, 0.717) is 5.57 Å². The summed E-state index contributed by atoms with van der Waals surface area (Å²) in [6.45, 7) is 6.53. The minimum absolute atomic E-state index is 0.101. The SMILES string of the molecule is CC(CO)C1=C2C3=CC=C(C=O)CC(=O)[C@]3(C)CC[C@@]2(C)CC1. The number of carbonyl (C=O) groups excluding carboxylic acids is 2. The van der Waals surface area contributed by atoms with Crippen molar-refractivity contribution in [1.82, 2.24) is 0 Å². The van der Waals surface area contributed by atoms with Crippen LogP contribution in [0, 0.1) is 16.7 Å². The van der Waals surface area contributed by atoms with E-state index in [-0.39, 0.29) is 30.1 Å². The summed E-state index contributed by atoms with van der Waals surface area (Å²) in [5.74, 6) is 0.278. The Bertz CT molecular complexity index is 652. The molecule has 1 fully saturated rings. The van der Waals surface area contributed by atoms with Gasteiger partial charge >= 0.3 is 0 Å². The zero-order chi connectivity index (χ0) is 16.8. The lowest BCUT2D eigenvalue weighted by atomic mass is 9.58. The first kappa shape index (κ1) is 16.4. The molecule has 0 bridgehead atoms. The summed E-state index contributed by atoms with van der Waals surface area (Å²) < 4.78 is 0. The zero-order valence-electron chi connectivity index (χ0n) is 14.3. The molecule has 0 aliphatic heterocycles. The summed E-state index contributed by atoms with van der Waals surface area (Å²) in [7, 11) is 0. The fourth-order valence-corrected chi connectivity index (χ4v) is 4.60. The molecule has 1 N–H and O–H groups in total. The summed E-state index contributed by atoms with van der Waals surface area (Å²) in [4.78, 5) is 24.0. The minimum atomic E-state index is -0.499. The average molecular weight is 314 g/mol. The van der Waals surface area contributed by atoms with Gasteiger partial charge in [-0.2, -0.15) is 0 Å². The summed E-state index contributed by atoms with van der Waals surface area (Å²) in [6.07, 6.45) is 8.80. The van der Waals surface area contributed by atoms with Crippen molar-refractivity contribution >= 4 is 12.1 Å². The molecule has 0 aromatic heterocycles. The highest BCUT2D eigenvalue weighted by molar-refractivity contribution is 5.96. The van der Waals surface area contributed by atoms with Crippen molar-refractivity contribution in [2.75, 3.05) is 6.61 Å². The predicted molar refractivity (Wildman–Crippen MR) is 89.8 cm³/mol. The van der Waals surface area contributed by atoms with Gasteiger partial charge in [0.2, 0.25) is 0 Å². The number of allylic oxidation sites excluding steroid dienone is 5. The van der Waals surface area contributed by atoms with Crippen LogP contribution in [-0.4, -0.2) is 23.8 Å². The predicted octanol–water partition coefficient (Wildman–Crippen LogP) is 3.54. The fraction of sp³-hybridized carbons (Fsp3) is 0.600. The Kier molecular flexibility index (Phi) is 3.96. The van der Waals surface area contributed by atoms with Crippen LogP contribution in [0.25, 0.3) is 0 Å². The van der Waals surface area contributed by atoms with Crippen LogP contribution in [0.3, 0.4) is 0 Å². The van der Waals surface area contributed by atoms with Gasteiger partial charge < -0.3 is 5.11 Å². The first-order chi connectivity index (χ1) is 10.9. The van der Waals surface area contributed by atoms with Gasteiger partial charge in [0.15, 0.2) is 0 Å².